The Morgan fingerprint density at radius 2 is 2.03 bits per heavy atom. The molecule has 0 aliphatic carbocycles. The molecule has 4 saturated heterocycles. The molecule has 14 heteroatoms. The molecule has 4 aliphatic heterocycles. The van der Waals surface area contributed by atoms with E-state index in [1.54, 1.807) is 0 Å². The lowest BCUT2D eigenvalue weighted by Gasteiger charge is -2.31. The predicted octanol–water partition coefficient (Wildman–Crippen LogP) is -1.18. The fraction of sp³-hybridized carbons (Fsp3) is 0.875. The largest absolute Gasteiger partial charge is 0.418 e. The molecule has 0 aromatic rings. The zero-order chi connectivity index (χ0) is 21.3. The van der Waals surface area contributed by atoms with Gasteiger partial charge < -0.3 is 10.2 Å². The Balaban J connectivity index is 1.22. The highest BCUT2D eigenvalue weighted by molar-refractivity contribution is 7.99. The first-order valence-electron chi connectivity index (χ1n) is 10.1. The summed E-state index contributed by atoms with van der Waals surface area (Å²) in [6, 6.07) is -1.44. The molecule has 3 amide bonds. The summed E-state index contributed by atoms with van der Waals surface area (Å²) in [5.41, 5.74) is 2.42. The van der Waals surface area contributed by atoms with Gasteiger partial charge in [-0.2, -0.15) is 25.2 Å². The highest BCUT2D eigenvalue weighted by Gasteiger charge is 2.49. The van der Waals surface area contributed by atoms with Crippen molar-refractivity contribution >= 4 is 34.1 Å². The molecule has 30 heavy (non-hydrogen) atoms. The number of hydroxylamine groups is 3. The SMILES string of the molecule is O=C(NOC[C@@H]1C[C@H](N2CCSCC2)CN1)C1CCC2CN1C(=O)N2OS(=O)(=O)O. The van der Waals surface area contributed by atoms with Crippen LogP contribution in [-0.2, 0) is 24.3 Å². The van der Waals surface area contributed by atoms with Gasteiger partial charge >= 0.3 is 16.4 Å². The van der Waals surface area contributed by atoms with Crippen molar-refractivity contribution in [1.29, 1.82) is 0 Å². The van der Waals surface area contributed by atoms with Crippen molar-refractivity contribution in [2.45, 2.75) is 43.4 Å². The van der Waals surface area contributed by atoms with Crippen LogP contribution in [0.4, 0.5) is 4.79 Å². The lowest BCUT2D eigenvalue weighted by molar-refractivity contribution is -0.139. The summed E-state index contributed by atoms with van der Waals surface area (Å²) in [4.78, 5) is 34.0. The maximum Gasteiger partial charge on any atom is 0.418 e. The second kappa shape index (κ2) is 9.14. The predicted molar refractivity (Wildman–Crippen MR) is 107 cm³/mol. The van der Waals surface area contributed by atoms with Gasteiger partial charge in [-0.3, -0.25) is 19.1 Å². The zero-order valence-corrected chi connectivity index (χ0v) is 18.1. The standard InChI is InChI=1S/C16H27N5O7S2/c22-15(14-2-1-12-9-20(14)16(23)21(12)28-30(24,25)26)18-27-10-11-7-13(8-17-11)19-3-5-29-6-4-19/h11-14,17H,1-10H2,(H,18,22)(H,24,25,26)/t11-,12?,13-,14?/m0/s1. The Morgan fingerprint density at radius 3 is 2.77 bits per heavy atom. The number of amides is 3. The molecule has 170 valence electrons. The van der Waals surface area contributed by atoms with E-state index in [1.807, 2.05) is 11.8 Å². The Hall–Kier alpha value is -1.16. The third-order valence-electron chi connectivity index (χ3n) is 6.02. The number of piperidine rings is 1. The number of rotatable bonds is 7. The summed E-state index contributed by atoms with van der Waals surface area (Å²) in [7, 11) is -4.81. The summed E-state index contributed by atoms with van der Waals surface area (Å²) in [6.45, 7) is 3.58. The van der Waals surface area contributed by atoms with E-state index in [0.29, 0.717) is 30.6 Å². The van der Waals surface area contributed by atoms with Gasteiger partial charge in [0, 0.05) is 49.8 Å². The van der Waals surface area contributed by atoms with Crippen LogP contribution < -0.4 is 10.8 Å². The molecule has 3 N–H and O–H groups in total. The minimum Gasteiger partial charge on any atom is -0.310 e. The van der Waals surface area contributed by atoms with Crippen molar-refractivity contribution in [3.05, 3.63) is 0 Å². The first-order chi connectivity index (χ1) is 14.3. The molecule has 4 rings (SSSR count). The van der Waals surface area contributed by atoms with E-state index < -0.39 is 34.4 Å². The van der Waals surface area contributed by atoms with E-state index in [9.17, 15) is 18.0 Å². The summed E-state index contributed by atoms with van der Waals surface area (Å²) in [6.07, 6.45) is 1.67. The average molecular weight is 466 g/mol. The van der Waals surface area contributed by atoms with Crippen LogP contribution in [0.15, 0.2) is 0 Å². The lowest BCUT2D eigenvalue weighted by atomic mass is 10.0. The van der Waals surface area contributed by atoms with Crippen molar-refractivity contribution in [1.82, 2.24) is 25.7 Å². The van der Waals surface area contributed by atoms with Gasteiger partial charge in [0.15, 0.2) is 0 Å². The average Bonchev–Trinajstić information content (AvgIpc) is 3.27. The number of nitrogens with one attached hydrogen (secondary N) is 2. The van der Waals surface area contributed by atoms with Crippen LogP contribution >= 0.6 is 11.8 Å². The molecular formula is C16H27N5O7S2. The molecule has 0 saturated carbocycles. The van der Waals surface area contributed by atoms with Gasteiger partial charge in [-0.25, -0.2) is 10.3 Å². The number of carbonyl (C=O) groups is 2. The molecule has 2 bridgehead atoms. The van der Waals surface area contributed by atoms with E-state index in [0.717, 1.165) is 37.6 Å². The van der Waals surface area contributed by atoms with Gasteiger partial charge in [-0.15, -0.1) is 4.28 Å². The van der Waals surface area contributed by atoms with Crippen LogP contribution in [0.1, 0.15) is 19.3 Å². The van der Waals surface area contributed by atoms with Crippen molar-refractivity contribution < 1.29 is 31.7 Å². The van der Waals surface area contributed by atoms with Gasteiger partial charge in [-0.1, -0.05) is 0 Å². The van der Waals surface area contributed by atoms with Crippen molar-refractivity contribution in [2.24, 2.45) is 0 Å². The highest BCUT2D eigenvalue weighted by Crippen LogP contribution is 2.30. The quantitative estimate of drug-likeness (QED) is 0.311. The number of urea groups is 1. The molecule has 4 heterocycles. The Bertz CT molecular complexity index is 763. The minimum atomic E-state index is -4.81. The van der Waals surface area contributed by atoms with Crippen LogP contribution in [0, 0.1) is 0 Å². The third-order valence-corrected chi connectivity index (χ3v) is 7.31. The van der Waals surface area contributed by atoms with Crippen molar-refractivity contribution in [3.8, 4) is 0 Å². The number of carbonyl (C=O) groups excluding carboxylic acids is 2. The fourth-order valence-electron chi connectivity index (χ4n) is 4.53. The Morgan fingerprint density at radius 1 is 1.27 bits per heavy atom. The Labute approximate surface area is 179 Å². The number of hydrogen-bond acceptors (Lipinski definition) is 9. The van der Waals surface area contributed by atoms with Crippen LogP contribution in [0.25, 0.3) is 0 Å². The molecule has 2 unspecified atom stereocenters. The molecule has 4 aliphatic rings. The molecule has 0 radical (unpaired) electrons. The summed E-state index contributed by atoms with van der Waals surface area (Å²) in [5.74, 6) is 1.87. The number of thioether (sulfide) groups is 1. The van der Waals surface area contributed by atoms with Gasteiger partial charge in [0.05, 0.1) is 12.6 Å². The number of hydrogen-bond donors (Lipinski definition) is 3. The van der Waals surface area contributed by atoms with Crippen LogP contribution in [0.3, 0.4) is 0 Å². The van der Waals surface area contributed by atoms with Crippen molar-refractivity contribution in [3.63, 3.8) is 0 Å². The van der Waals surface area contributed by atoms with Gasteiger partial charge in [-0.05, 0) is 19.3 Å². The molecule has 4 fully saturated rings. The normalized spacial score (nSPS) is 32.6. The van der Waals surface area contributed by atoms with Gasteiger partial charge in [0.1, 0.15) is 6.04 Å². The lowest BCUT2D eigenvalue weighted by Crippen LogP contribution is -2.50. The van der Waals surface area contributed by atoms with E-state index in [2.05, 4.69) is 20.0 Å². The third kappa shape index (κ3) is 5.00. The first kappa shape index (κ1) is 22.0. The fourth-order valence-corrected chi connectivity index (χ4v) is 5.85. The van der Waals surface area contributed by atoms with E-state index in [1.165, 1.54) is 4.90 Å². The van der Waals surface area contributed by atoms with Crippen LogP contribution in [-0.4, -0.2) is 108 Å². The first-order valence-corrected chi connectivity index (χ1v) is 12.6. The van der Waals surface area contributed by atoms with E-state index in [-0.39, 0.29) is 12.6 Å². The van der Waals surface area contributed by atoms with Gasteiger partial charge in [0.25, 0.3) is 5.91 Å². The van der Waals surface area contributed by atoms with Crippen molar-refractivity contribution in [2.75, 3.05) is 44.3 Å². The number of nitrogens with zero attached hydrogens (tertiary/aromatic N) is 3. The monoisotopic (exact) mass is 465 g/mol. The molecule has 12 nitrogen and oxygen atoms in total. The maximum atomic E-state index is 12.5. The molecule has 0 aromatic heterocycles. The second-order valence-electron chi connectivity index (χ2n) is 7.93. The molecule has 0 spiro atoms. The molecule has 0 aromatic carbocycles. The topological polar surface area (TPSA) is 141 Å². The second-order valence-corrected chi connectivity index (χ2v) is 10.2. The smallest absolute Gasteiger partial charge is 0.310 e. The van der Waals surface area contributed by atoms with Crippen LogP contribution in [0.5, 0.6) is 0 Å². The van der Waals surface area contributed by atoms with E-state index in [4.69, 9.17) is 9.39 Å². The van der Waals surface area contributed by atoms with Gasteiger partial charge in [0.2, 0.25) is 0 Å². The highest BCUT2D eigenvalue weighted by atomic mass is 32.3. The number of fused-ring (bicyclic) bond motifs is 2. The summed E-state index contributed by atoms with van der Waals surface area (Å²) in [5, 5.41) is 4.04. The minimum absolute atomic E-state index is 0.145. The van der Waals surface area contributed by atoms with E-state index >= 15 is 0 Å². The molecule has 4 atom stereocenters. The Kier molecular flexibility index (Phi) is 6.72. The summed E-state index contributed by atoms with van der Waals surface area (Å²) >= 11 is 1.98. The van der Waals surface area contributed by atoms with Crippen LogP contribution in [0.2, 0.25) is 0 Å². The summed E-state index contributed by atoms with van der Waals surface area (Å²) < 4.78 is 35.1. The molecular weight excluding hydrogens is 438 g/mol. The zero-order valence-electron chi connectivity index (χ0n) is 16.4. The maximum absolute atomic E-state index is 12.5.